The van der Waals surface area contributed by atoms with Gasteiger partial charge in [-0.05, 0) is 24.8 Å². The molecule has 4 aliphatic carbocycles. The van der Waals surface area contributed by atoms with Crippen molar-refractivity contribution in [1.82, 2.24) is 0 Å². The van der Waals surface area contributed by atoms with Crippen LogP contribution >= 0.6 is 0 Å². The molecule has 4 heterocycles. The third kappa shape index (κ3) is 4.84. The summed E-state index contributed by atoms with van der Waals surface area (Å²) < 4.78 is 64.3. The summed E-state index contributed by atoms with van der Waals surface area (Å²) in [6.45, 7) is 16.3. The van der Waals surface area contributed by atoms with Crippen LogP contribution in [0.25, 0.3) is 0 Å². The third-order valence-corrected chi connectivity index (χ3v) is 15.8. The molecule has 2 N–H and O–H groups in total. The molecule has 0 amide bonds. The average molecular weight is 873 g/mol. The van der Waals surface area contributed by atoms with E-state index in [-0.39, 0.29) is 12.0 Å². The van der Waals surface area contributed by atoms with Gasteiger partial charge in [-0.3, -0.25) is 24.0 Å². The lowest BCUT2D eigenvalue weighted by Crippen LogP contribution is -2.97. The Bertz CT molecular complexity index is 2160. The van der Waals surface area contributed by atoms with Crippen LogP contribution in [-0.4, -0.2) is 106 Å². The van der Waals surface area contributed by atoms with Gasteiger partial charge >= 0.3 is 35.8 Å². The second-order valence-corrected chi connectivity index (χ2v) is 19.3. The number of hydrogen-bond donors (Lipinski definition) is 2. The molecule has 5 unspecified atom stereocenters. The van der Waals surface area contributed by atoms with Gasteiger partial charge in [0.1, 0.15) is 23.6 Å². The van der Waals surface area contributed by atoms with Gasteiger partial charge in [0.2, 0.25) is 0 Å². The number of cyclic esters (lactones) is 1. The molecule has 16 atom stereocenters. The number of allylic oxidation sites excluding steroid dienone is 1. The van der Waals surface area contributed by atoms with Crippen LogP contribution in [0.1, 0.15) is 107 Å². The van der Waals surface area contributed by atoms with Gasteiger partial charge in [0.05, 0.1) is 36.5 Å². The van der Waals surface area contributed by atoms with Gasteiger partial charge in [-0.15, -0.1) is 0 Å². The molecule has 7 aliphatic rings. The van der Waals surface area contributed by atoms with Gasteiger partial charge in [0, 0.05) is 62.3 Å². The molecule has 1 aromatic rings. The molecule has 0 aromatic carbocycles. The zero-order chi connectivity index (χ0) is 45.7. The zero-order valence-electron chi connectivity index (χ0n) is 37.0. The molecule has 4 saturated carbocycles. The monoisotopic (exact) mass is 872 g/mol. The molecule has 62 heavy (non-hydrogen) atoms. The van der Waals surface area contributed by atoms with Crippen LogP contribution in [0.15, 0.2) is 34.3 Å². The first kappa shape index (κ1) is 44.1. The minimum Gasteiger partial charge on any atom is -0.511 e. The Hall–Kier alpha value is -4.52. The van der Waals surface area contributed by atoms with Crippen LogP contribution < -0.4 is 0 Å². The highest BCUT2D eigenvalue weighted by atomic mass is 16.9. The molecule has 3 aliphatic heterocycles. The maximum absolute atomic E-state index is 15.0. The number of hydrogen-bond acceptors (Lipinski definition) is 18. The lowest BCUT2D eigenvalue weighted by atomic mass is 9.32. The number of carbonyl (C=O) groups excluding carboxylic acids is 6. The zero-order valence-corrected chi connectivity index (χ0v) is 37.0. The molecule has 0 radical (unpaired) electrons. The Labute approximate surface area is 358 Å². The SMILES string of the molecule is CCC(C)C(=O)O[C@H]1[C@]2(C)C[C@]34O[C@]5(C)OC6(C(OC(C)=O)C(OC(C)=O)[C@]7(C)[C@@H](/C(=C(\O)C(C)C)C(=O)O[C@H]7c7ccoc7)[C@@]6(O5)[C@H](OC(C)=O)[C@@]13O)C4(C)[C@H]2CC(=O)OC. The van der Waals surface area contributed by atoms with Crippen molar-refractivity contribution < 1.29 is 86.0 Å². The van der Waals surface area contributed by atoms with Gasteiger partial charge in [-0.1, -0.05) is 48.5 Å². The number of aliphatic hydroxyl groups excluding tert-OH is 1. The van der Waals surface area contributed by atoms with Crippen molar-refractivity contribution in [3.05, 3.63) is 35.5 Å². The van der Waals surface area contributed by atoms with E-state index in [9.17, 15) is 39.0 Å². The maximum atomic E-state index is 15.0. The van der Waals surface area contributed by atoms with Crippen LogP contribution in [0, 0.1) is 39.9 Å². The van der Waals surface area contributed by atoms with Gasteiger partial charge in [0.15, 0.2) is 35.1 Å². The molecule has 340 valence electrons. The van der Waals surface area contributed by atoms with Crippen LogP contribution in [0.3, 0.4) is 0 Å². The Morgan fingerprint density at radius 3 is 2.06 bits per heavy atom. The molecule has 8 rings (SSSR count). The largest absolute Gasteiger partial charge is 0.511 e. The number of methoxy groups -OCH3 is 1. The van der Waals surface area contributed by atoms with Crippen molar-refractivity contribution in [2.45, 2.75) is 154 Å². The molecule has 1 aromatic heterocycles. The Morgan fingerprint density at radius 1 is 0.887 bits per heavy atom. The molecular weight excluding hydrogens is 816 g/mol. The summed E-state index contributed by atoms with van der Waals surface area (Å²) in [6, 6.07) is 1.51. The average Bonchev–Trinajstić information content (AvgIpc) is 3.88. The number of aliphatic hydroxyl groups is 2. The van der Waals surface area contributed by atoms with E-state index >= 15 is 0 Å². The molecule has 3 saturated heterocycles. The first-order valence-corrected chi connectivity index (χ1v) is 21.1. The van der Waals surface area contributed by atoms with E-state index in [1.165, 1.54) is 32.6 Å². The highest BCUT2D eigenvalue weighted by molar-refractivity contribution is 5.92. The van der Waals surface area contributed by atoms with Crippen molar-refractivity contribution in [2.75, 3.05) is 7.11 Å². The normalized spacial score (nSPS) is 46.5. The second kappa shape index (κ2) is 13.5. The summed E-state index contributed by atoms with van der Waals surface area (Å²) >= 11 is 0. The topological polar surface area (TPSA) is 239 Å². The second-order valence-electron chi connectivity index (χ2n) is 19.3. The number of carbonyl (C=O) groups is 6. The summed E-state index contributed by atoms with van der Waals surface area (Å²) in [5.41, 5.74) is -15.1. The van der Waals surface area contributed by atoms with E-state index in [1.54, 1.807) is 48.5 Å². The summed E-state index contributed by atoms with van der Waals surface area (Å²) in [5.74, 6) is -12.3. The first-order chi connectivity index (χ1) is 28.8. The van der Waals surface area contributed by atoms with E-state index in [1.807, 2.05) is 0 Å². The fourth-order valence-corrected chi connectivity index (χ4v) is 13.9. The Morgan fingerprint density at radius 2 is 1.52 bits per heavy atom. The first-order valence-electron chi connectivity index (χ1n) is 21.1. The summed E-state index contributed by atoms with van der Waals surface area (Å²) in [5, 5.41) is 26.7. The van der Waals surface area contributed by atoms with Crippen LogP contribution in [0.5, 0.6) is 0 Å². The highest BCUT2D eigenvalue weighted by Crippen LogP contribution is 2.90. The number of esters is 6. The quantitative estimate of drug-likeness (QED) is 0.146. The van der Waals surface area contributed by atoms with Crippen molar-refractivity contribution in [2.24, 2.45) is 39.9 Å². The maximum Gasteiger partial charge on any atom is 0.338 e. The number of furan rings is 1. The summed E-state index contributed by atoms with van der Waals surface area (Å²) in [7, 11) is 1.20. The van der Waals surface area contributed by atoms with E-state index in [0.29, 0.717) is 6.42 Å². The molecular formula is C44H56O18. The fraction of sp³-hybridized carbons (Fsp3) is 0.727. The van der Waals surface area contributed by atoms with E-state index in [2.05, 4.69) is 0 Å². The predicted octanol–water partition coefficient (Wildman–Crippen LogP) is 4.06. The van der Waals surface area contributed by atoms with E-state index < -0.39 is 152 Å². The van der Waals surface area contributed by atoms with Gasteiger partial charge in [-0.2, -0.15) is 0 Å². The van der Waals surface area contributed by atoms with Crippen LogP contribution in [0.4, 0.5) is 0 Å². The molecule has 18 heteroatoms. The van der Waals surface area contributed by atoms with Gasteiger partial charge in [-0.25, -0.2) is 4.79 Å². The van der Waals surface area contributed by atoms with Crippen LogP contribution in [-0.2, 0) is 71.4 Å². The van der Waals surface area contributed by atoms with Crippen molar-refractivity contribution in [3.8, 4) is 0 Å². The number of rotatable bonds is 10. The van der Waals surface area contributed by atoms with Crippen molar-refractivity contribution in [3.63, 3.8) is 0 Å². The Balaban J connectivity index is 1.62. The summed E-state index contributed by atoms with van der Waals surface area (Å²) in [6.07, 6.45) is -6.31. The van der Waals surface area contributed by atoms with E-state index in [4.69, 9.17) is 47.0 Å². The minimum absolute atomic E-state index is 0.183. The third-order valence-electron chi connectivity index (χ3n) is 15.8. The molecule has 4 bridgehead atoms. The van der Waals surface area contributed by atoms with E-state index in [0.717, 1.165) is 20.8 Å². The number of ether oxygens (including phenoxy) is 9. The molecule has 7 fully saturated rings. The standard InChI is InChI=1S/C44H56O18/c1-13-20(4)33(50)59-35-37(8)18-41-39(10,25(37)16-26(48)53-12)44-32(56-22(6)46)31(55-21(5)45)38(9)29(27(28(49)19(2)3)34(51)58-30(38)24-14-15-54-17-24)43(44,61-40(11,60-41)62-44)36(42(35,41)52)57-23(7)47/h14-15,17,19-20,25,29-32,35-36,49,52H,13,16,18H2,1-12H3/b28-27+/t20?,25-,29+,30-,31?,32?,35-,36+,37+,38+,39?,40-,41+,42-,43+,44?/m0/s1. The minimum atomic E-state index is -2.63. The fourth-order valence-electron chi connectivity index (χ4n) is 13.9. The Kier molecular flexibility index (Phi) is 9.60. The molecule has 2 spiro atoms. The van der Waals surface area contributed by atoms with Gasteiger partial charge < -0.3 is 57.3 Å². The lowest BCUT2D eigenvalue weighted by molar-refractivity contribution is -0.490. The lowest BCUT2D eigenvalue weighted by Gasteiger charge is -2.78. The predicted molar refractivity (Wildman–Crippen MR) is 205 cm³/mol. The van der Waals surface area contributed by atoms with Crippen LogP contribution in [0.2, 0.25) is 0 Å². The smallest absolute Gasteiger partial charge is 0.338 e. The number of fused-ring (bicyclic) bond motifs is 3. The van der Waals surface area contributed by atoms with Crippen molar-refractivity contribution >= 4 is 35.8 Å². The highest BCUT2D eigenvalue weighted by Gasteiger charge is 3.07. The van der Waals surface area contributed by atoms with Crippen molar-refractivity contribution in [1.29, 1.82) is 0 Å². The molecule has 18 nitrogen and oxygen atoms in total. The van der Waals surface area contributed by atoms with Gasteiger partial charge in [0.25, 0.3) is 5.97 Å². The summed E-state index contributed by atoms with van der Waals surface area (Å²) in [4.78, 5) is 84.2.